The number of nitrogens with one attached hydrogen (secondary N) is 1. The van der Waals surface area contributed by atoms with Gasteiger partial charge in [-0.3, -0.25) is 4.79 Å². The number of fused-ring (bicyclic) bond motifs is 3. The maximum Gasteiger partial charge on any atom is 0.289 e. The second kappa shape index (κ2) is 8.99. The number of benzene rings is 1. The lowest BCUT2D eigenvalue weighted by atomic mass is 10.1. The smallest absolute Gasteiger partial charge is 0.289 e. The molecule has 2 saturated heterocycles. The molecule has 1 amide bonds. The third-order valence-corrected chi connectivity index (χ3v) is 6.44. The van der Waals surface area contributed by atoms with Gasteiger partial charge in [-0.1, -0.05) is 18.2 Å². The van der Waals surface area contributed by atoms with Crippen molar-refractivity contribution in [2.75, 3.05) is 18.0 Å². The predicted octanol–water partition coefficient (Wildman–Crippen LogP) is 4.04. The van der Waals surface area contributed by atoms with E-state index in [2.05, 4.69) is 41.4 Å². The number of hydrogen-bond acceptors (Lipinski definition) is 4. The number of carbonyl (C=O) groups excluding carboxylic acids is 1. The van der Waals surface area contributed by atoms with Crippen LogP contribution in [-0.4, -0.2) is 42.0 Å². The van der Waals surface area contributed by atoms with Crippen LogP contribution in [0.5, 0.6) is 0 Å². The molecule has 2 fully saturated rings. The molecule has 3 unspecified atom stereocenters. The molecular formula is C22H29Cl2N3O2. The Labute approximate surface area is 184 Å². The first-order valence-electron chi connectivity index (χ1n) is 10.2. The fraction of sp³-hybridized carbons (Fsp3) is 0.500. The first-order chi connectivity index (χ1) is 13.2. The Bertz CT molecular complexity index is 856. The predicted molar refractivity (Wildman–Crippen MR) is 119 cm³/mol. The monoisotopic (exact) mass is 437 g/mol. The van der Waals surface area contributed by atoms with Gasteiger partial charge in [-0.05, 0) is 50.3 Å². The highest BCUT2D eigenvalue weighted by Crippen LogP contribution is 2.34. The van der Waals surface area contributed by atoms with Crippen LogP contribution in [0.1, 0.15) is 47.9 Å². The van der Waals surface area contributed by atoms with Gasteiger partial charge in [-0.2, -0.15) is 0 Å². The van der Waals surface area contributed by atoms with Gasteiger partial charge in [0, 0.05) is 49.0 Å². The maximum absolute atomic E-state index is 13.2. The number of carbonyl (C=O) groups is 1. The average molecular weight is 438 g/mol. The number of likely N-dealkylation sites (tertiary alicyclic amines) is 1. The normalized spacial score (nSPS) is 25.1. The second-order valence-corrected chi connectivity index (χ2v) is 8.26. The number of para-hydroxylation sites is 1. The Morgan fingerprint density at radius 1 is 1.14 bits per heavy atom. The molecule has 0 saturated carbocycles. The minimum atomic E-state index is 0. The molecule has 29 heavy (non-hydrogen) atoms. The van der Waals surface area contributed by atoms with Crippen molar-refractivity contribution in [2.24, 2.45) is 0 Å². The van der Waals surface area contributed by atoms with E-state index < -0.39 is 0 Å². The molecule has 0 radical (unpaired) electrons. The van der Waals surface area contributed by atoms with Crippen LogP contribution in [0.3, 0.4) is 0 Å². The molecule has 3 aliphatic heterocycles. The Balaban J connectivity index is 0.00000120. The lowest BCUT2D eigenvalue weighted by Crippen LogP contribution is -2.39. The number of amides is 1. The van der Waals surface area contributed by atoms with E-state index in [0.29, 0.717) is 30.4 Å². The molecule has 1 aromatic carbocycles. The SMILES string of the molecule is CC1Cc2ccccc2N1Cc1ccoc1C(=O)N1CCC2CCC(C1)N2.Cl.Cl. The van der Waals surface area contributed by atoms with E-state index in [-0.39, 0.29) is 30.7 Å². The third-order valence-electron chi connectivity index (χ3n) is 6.44. The number of anilines is 1. The van der Waals surface area contributed by atoms with Crippen molar-refractivity contribution in [3.8, 4) is 0 Å². The summed E-state index contributed by atoms with van der Waals surface area (Å²) in [7, 11) is 0. The van der Waals surface area contributed by atoms with Gasteiger partial charge < -0.3 is 19.5 Å². The summed E-state index contributed by atoms with van der Waals surface area (Å²) in [5, 5.41) is 3.64. The van der Waals surface area contributed by atoms with Crippen LogP contribution in [0.15, 0.2) is 41.0 Å². The minimum absolute atomic E-state index is 0. The van der Waals surface area contributed by atoms with Gasteiger partial charge in [0.05, 0.1) is 6.26 Å². The van der Waals surface area contributed by atoms with Crippen molar-refractivity contribution in [1.29, 1.82) is 0 Å². The molecule has 1 aromatic heterocycles. The van der Waals surface area contributed by atoms with E-state index in [1.807, 2.05) is 11.0 Å². The molecule has 0 aliphatic carbocycles. The molecule has 0 spiro atoms. The van der Waals surface area contributed by atoms with E-state index >= 15 is 0 Å². The summed E-state index contributed by atoms with van der Waals surface area (Å²) in [6, 6.07) is 12.0. The molecule has 3 aliphatic rings. The van der Waals surface area contributed by atoms with E-state index in [9.17, 15) is 4.79 Å². The lowest BCUT2D eigenvalue weighted by Gasteiger charge is -2.26. The average Bonchev–Trinajstić information content (AvgIpc) is 3.33. The quantitative estimate of drug-likeness (QED) is 0.786. The highest BCUT2D eigenvalue weighted by molar-refractivity contribution is 5.93. The fourth-order valence-electron chi connectivity index (χ4n) is 4.97. The zero-order valence-corrected chi connectivity index (χ0v) is 18.3. The highest BCUT2D eigenvalue weighted by atomic mass is 35.5. The molecule has 5 nitrogen and oxygen atoms in total. The van der Waals surface area contributed by atoms with Crippen molar-refractivity contribution in [1.82, 2.24) is 10.2 Å². The summed E-state index contributed by atoms with van der Waals surface area (Å²) in [6.07, 6.45) is 6.16. The van der Waals surface area contributed by atoms with Gasteiger partial charge in [0.15, 0.2) is 5.76 Å². The number of rotatable bonds is 3. The van der Waals surface area contributed by atoms with Crippen molar-refractivity contribution >= 4 is 36.4 Å². The Morgan fingerprint density at radius 2 is 1.93 bits per heavy atom. The summed E-state index contributed by atoms with van der Waals surface area (Å²) in [5.74, 6) is 0.564. The Morgan fingerprint density at radius 3 is 2.79 bits per heavy atom. The van der Waals surface area contributed by atoms with Crippen LogP contribution < -0.4 is 10.2 Å². The van der Waals surface area contributed by atoms with Crippen LogP contribution in [0.4, 0.5) is 5.69 Å². The van der Waals surface area contributed by atoms with Gasteiger partial charge in [0.1, 0.15) is 0 Å². The highest BCUT2D eigenvalue weighted by Gasteiger charge is 2.34. The Hall–Kier alpha value is -1.69. The first kappa shape index (κ1) is 22.0. The lowest BCUT2D eigenvalue weighted by molar-refractivity contribution is 0.0714. The molecule has 5 rings (SSSR count). The summed E-state index contributed by atoms with van der Waals surface area (Å²) < 4.78 is 5.70. The van der Waals surface area contributed by atoms with E-state index in [1.54, 1.807) is 6.26 Å². The Kier molecular flexibility index (Phi) is 6.82. The summed E-state index contributed by atoms with van der Waals surface area (Å²) in [6.45, 7) is 4.57. The molecule has 2 aromatic rings. The van der Waals surface area contributed by atoms with Crippen molar-refractivity contribution < 1.29 is 9.21 Å². The fourth-order valence-corrected chi connectivity index (χ4v) is 4.97. The summed E-state index contributed by atoms with van der Waals surface area (Å²) in [5.41, 5.74) is 3.66. The van der Waals surface area contributed by atoms with Crippen molar-refractivity contribution in [3.05, 3.63) is 53.5 Å². The van der Waals surface area contributed by atoms with Crippen molar-refractivity contribution in [2.45, 2.75) is 57.3 Å². The van der Waals surface area contributed by atoms with Crippen LogP contribution in [0.25, 0.3) is 0 Å². The summed E-state index contributed by atoms with van der Waals surface area (Å²) >= 11 is 0. The number of nitrogens with zero attached hydrogens (tertiary/aromatic N) is 2. The molecule has 3 atom stereocenters. The van der Waals surface area contributed by atoms with E-state index in [0.717, 1.165) is 31.5 Å². The van der Waals surface area contributed by atoms with Gasteiger partial charge in [0.2, 0.25) is 0 Å². The van der Waals surface area contributed by atoms with Crippen LogP contribution >= 0.6 is 24.8 Å². The zero-order chi connectivity index (χ0) is 18.4. The molecule has 4 heterocycles. The summed E-state index contributed by atoms with van der Waals surface area (Å²) in [4.78, 5) is 17.6. The molecule has 2 bridgehead atoms. The van der Waals surface area contributed by atoms with Crippen LogP contribution in [-0.2, 0) is 13.0 Å². The molecular weight excluding hydrogens is 409 g/mol. The van der Waals surface area contributed by atoms with E-state index in [4.69, 9.17) is 4.42 Å². The second-order valence-electron chi connectivity index (χ2n) is 8.26. The van der Waals surface area contributed by atoms with Gasteiger partial charge in [-0.25, -0.2) is 0 Å². The van der Waals surface area contributed by atoms with Gasteiger partial charge in [0.25, 0.3) is 5.91 Å². The van der Waals surface area contributed by atoms with Gasteiger partial charge >= 0.3 is 0 Å². The van der Waals surface area contributed by atoms with Crippen molar-refractivity contribution in [3.63, 3.8) is 0 Å². The molecule has 1 N–H and O–H groups in total. The van der Waals surface area contributed by atoms with Crippen LogP contribution in [0, 0.1) is 0 Å². The third kappa shape index (κ3) is 4.14. The zero-order valence-electron chi connectivity index (χ0n) is 16.7. The largest absolute Gasteiger partial charge is 0.459 e. The minimum Gasteiger partial charge on any atom is -0.459 e. The molecule has 7 heteroatoms. The van der Waals surface area contributed by atoms with Crippen LogP contribution in [0.2, 0.25) is 0 Å². The molecule has 158 valence electrons. The van der Waals surface area contributed by atoms with Gasteiger partial charge in [-0.15, -0.1) is 24.8 Å². The standard InChI is InChI=1S/C22H27N3O2.2ClH/c1-15-12-16-4-2-3-5-20(16)25(15)13-17-9-11-27-21(17)22(26)24-10-8-18-6-7-19(14-24)23-18;;/h2-5,9,11,15,18-19,23H,6-8,10,12-14H2,1H3;2*1H. The topological polar surface area (TPSA) is 48.7 Å². The first-order valence-corrected chi connectivity index (χ1v) is 10.2. The maximum atomic E-state index is 13.2. The number of hydrogen-bond donors (Lipinski definition) is 1. The number of furan rings is 1. The van der Waals surface area contributed by atoms with E-state index in [1.165, 1.54) is 24.1 Å². The number of halogens is 2.